The molecule has 0 bridgehead atoms. The number of thioether (sulfide) groups is 1. The lowest BCUT2D eigenvalue weighted by Crippen LogP contribution is -2.55. The number of carbonyl (C=O) groups is 2. The van der Waals surface area contributed by atoms with Crippen LogP contribution in [0.2, 0.25) is 0 Å². The van der Waals surface area contributed by atoms with Gasteiger partial charge in [-0.3, -0.25) is 9.59 Å². The van der Waals surface area contributed by atoms with Gasteiger partial charge in [0.2, 0.25) is 5.91 Å². The van der Waals surface area contributed by atoms with E-state index in [1.807, 2.05) is 55.5 Å². The molecule has 2 amide bonds. The summed E-state index contributed by atoms with van der Waals surface area (Å²) in [6, 6.07) is 9.26. The SMILES string of the molecule is CSCC[C@]1(C)C(=O)N(C)[C@H](C(C)(C)C)N1C(=O)c1ccccc1. The number of rotatable bonds is 4. The molecule has 1 fully saturated rings. The van der Waals surface area contributed by atoms with Gasteiger partial charge in [-0.05, 0) is 37.5 Å². The Hall–Kier alpha value is -1.49. The molecule has 132 valence electrons. The molecular weight excluding hydrogens is 320 g/mol. The van der Waals surface area contributed by atoms with Gasteiger partial charge in [0.05, 0.1) is 0 Å². The molecule has 1 saturated heterocycles. The fourth-order valence-electron chi connectivity index (χ4n) is 3.59. The lowest BCUT2D eigenvalue weighted by molar-refractivity contribution is -0.132. The van der Waals surface area contributed by atoms with Gasteiger partial charge in [-0.1, -0.05) is 39.0 Å². The van der Waals surface area contributed by atoms with E-state index in [9.17, 15) is 9.59 Å². The largest absolute Gasteiger partial charge is 0.323 e. The monoisotopic (exact) mass is 348 g/mol. The first kappa shape index (κ1) is 18.8. The van der Waals surface area contributed by atoms with Crippen LogP contribution in [0, 0.1) is 5.41 Å². The quantitative estimate of drug-likeness (QED) is 0.836. The average molecular weight is 349 g/mol. The maximum atomic E-state index is 13.3. The predicted molar refractivity (Wildman–Crippen MR) is 100 cm³/mol. The molecular formula is C19H28N2O2S. The molecule has 0 N–H and O–H groups in total. The second kappa shape index (κ2) is 6.79. The zero-order valence-corrected chi connectivity index (χ0v) is 16.3. The van der Waals surface area contributed by atoms with Crippen LogP contribution in [0.5, 0.6) is 0 Å². The van der Waals surface area contributed by atoms with Crippen LogP contribution >= 0.6 is 11.8 Å². The van der Waals surface area contributed by atoms with Gasteiger partial charge in [-0.15, -0.1) is 0 Å². The summed E-state index contributed by atoms with van der Waals surface area (Å²) in [4.78, 5) is 29.9. The highest BCUT2D eigenvalue weighted by molar-refractivity contribution is 7.98. The van der Waals surface area contributed by atoms with Crippen molar-refractivity contribution >= 4 is 23.6 Å². The predicted octanol–water partition coefficient (Wildman–Crippen LogP) is 3.48. The molecule has 1 aliphatic heterocycles. The van der Waals surface area contributed by atoms with Crippen LogP contribution in [0.4, 0.5) is 0 Å². The minimum Gasteiger partial charge on any atom is -0.323 e. The normalized spacial score (nSPS) is 24.6. The average Bonchev–Trinajstić information content (AvgIpc) is 2.74. The van der Waals surface area contributed by atoms with Crippen LogP contribution in [0.25, 0.3) is 0 Å². The van der Waals surface area contributed by atoms with Crippen molar-refractivity contribution in [3.8, 4) is 0 Å². The highest BCUT2D eigenvalue weighted by Crippen LogP contribution is 2.42. The molecule has 1 aromatic rings. The van der Waals surface area contributed by atoms with Crippen LogP contribution in [0.1, 0.15) is 44.5 Å². The van der Waals surface area contributed by atoms with E-state index >= 15 is 0 Å². The molecule has 0 unspecified atom stereocenters. The van der Waals surface area contributed by atoms with Crippen molar-refractivity contribution in [3.05, 3.63) is 35.9 Å². The van der Waals surface area contributed by atoms with Gasteiger partial charge in [0.15, 0.2) is 0 Å². The number of hydrogen-bond donors (Lipinski definition) is 0. The highest BCUT2D eigenvalue weighted by atomic mass is 32.2. The standard InChI is InChI=1S/C19H28N2O2S/c1-18(2,3)16-20(5)17(23)19(4,12-13-24-6)21(16)15(22)14-10-8-7-9-11-14/h7-11,16H,12-13H2,1-6H3/t16-,19+/m0/s1. The molecule has 0 saturated carbocycles. The molecule has 5 heteroatoms. The van der Waals surface area contributed by atoms with Gasteiger partial charge in [0, 0.05) is 18.0 Å². The fraction of sp³-hybridized carbons (Fsp3) is 0.579. The Kier molecular flexibility index (Phi) is 5.33. The fourth-order valence-corrected chi connectivity index (χ4v) is 4.19. The van der Waals surface area contributed by atoms with Gasteiger partial charge in [0.1, 0.15) is 11.7 Å². The van der Waals surface area contributed by atoms with Crippen LogP contribution in [0.15, 0.2) is 30.3 Å². The van der Waals surface area contributed by atoms with Gasteiger partial charge in [-0.25, -0.2) is 0 Å². The van der Waals surface area contributed by atoms with E-state index in [0.29, 0.717) is 12.0 Å². The van der Waals surface area contributed by atoms with Crippen LogP contribution in [-0.2, 0) is 4.79 Å². The maximum absolute atomic E-state index is 13.3. The maximum Gasteiger partial charge on any atom is 0.256 e. The molecule has 2 rings (SSSR count). The highest BCUT2D eigenvalue weighted by Gasteiger charge is 2.57. The van der Waals surface area contributed by atoms with Crippen LogP contribution in [0.3, 0.4) is 0 Å². The summed E-state index contributed by atoms with van der Waals surface area (Å²) in [7, 11) is 1.81. The molecule has 4 nitrogen and oxygen atoms in total. The second-order valence-electron chi connectivity index (χ2n) is 7.71. The Morgan fingerprint density at radius 3 is 2.33 bits per heavy atom. The summed E-state index contributed by atoms with van der Waals surface area (Å²) in [5, 5.41) is 0. The van der Waals surface area contributed by atoms with Crippen molar-refractivity contribution in [1.29, 1.82) is 0 Å². The number of likely N-dealkylation sites (N-methyl/N-ethyl adjacent to an activating group) is 1. The Balaban J connectivity index is 2.53. The van der Waals surface area contributed by atoms with Crippen molar-refractivity contribution in [2.45, 2.75) is 45.8 Å². The van der Waals surface area contributed by atoms with Crippen LogP contribution < -0.4 is 0 Å². The van der Waals surface area contributed by atoms with Crippen molar-refractivity contribution in [2.75, 3.05) is 19.1 Å². The van der Waals surface area contributed by atoms with Gasteiger partial charge < -0.3 is 9.80 Å². The summed E-state index contributed by atoms with van der Waals surface area (Å²) in [6.07, 6.45) is 2.42. The van der Waals surface area contributed by atoms with Crippen molar-refractivity contribution < 1.29 is 9.59 Å². The first-order valence-electron chi connectivity index (χ1n) is 8.29. The molecule has 1 aromatic carbocycles. The van der Waals surface area contributed by atoms with E-state index in [1.165, 1.54) is 0 Å². The molecule has 2 atom stereocenters. The lowest BCUT2D eigenvalue weighted by Gasteiger charge is -2.41. The Labute approximate surface area is 149 Å². The van der Waals surface area contributed by atoms with Gasteiger partial charge in [0.25, 0.3) is 5.91 Å². The third-order valence-corrected chi connectivity index (χ3v) is 5.34. The Morgan fingerprint density at radius 1 is 1.25 bits per heavy atom. The summed E-state index contributed by atoms with van der Waals surface area (Å²) < 4.78 is 0. The van der Waals surface area contributed by atoms with E-state index in [4.69, 9.17) is 0 Å². The minimum atomic E-state index is -0.803. The zero-order chi connectivity index (χ0) is 18.1. The van der Waals surface area contributed by atoms with E-state index < -0.39 is 5.54 Å². The third kappa shape index (κ3) is 3.18. The summed E-state index contributed by atoms with van der Waals surface area (Å²) in [5.41, 5.74) is -0.403. The molecule has 0 aromatic heterocycles. The molecule has 0 spiro atoms. The Bertz CT molecular complexity index is 612. The van der Waals surface area contributed by atoms with Crippen molar-refractivity contribution in [3.63, 3.8) is 0 Å². The van der Waals surface area contributed by atoms with E-state index in [0.717, 1.165) is 5.75 Å². The topological polar surface area (TPSA) is 40.6 Å². The zero-order valence-electron chi connectivity index (χ0n) is 15.5. The second-order valence-corrected chi connectivity index (χ2v) is 8.70. The molecule has 0 radical (unpaired) electrons. The van der Waals surface area contributed by atoms with Crippen molar-refractivity contribution in [1.82, 2.24) is 9.80 Å². The summed E-state index contributed by atoms with van der Waals surface area (Å²) >= 11 is 1.70. The Morgan fingerprint density at radius 2 is 1.83 bits per heavy atom. The van der Waals surface area contributed by atoms with Gasteiger partial charge in [-0.2, -0.15) is 11.8 Å². The third-order valence-electron chi connectivity index (χ3n) is 4.73. The molecule has 1 aliphatic rings. The van der Waals surface area contributed by atoms with Crippen LogP contribution in [-0.4, -0.2) is 52.4 Å². The number of carbonyl (C=O) groups excluding carboxylic acids is 2. The van der Waals surface area contributed by atoms with E-state index in [2.05, 4.69) is 20.8 Å². The number of nitrogens with zero attached hydrogens (tertiary/aromatic N) is 2. The summed E-state index contributed by atoms with van der Waals surface area (Å²) in [5.74, 6) is 0.795. The molecule has 0 aliphatic carbocycles. The number of hydrogen-bond acceptors (Lipinski definition) is 3. The van der Waals surface area contributed by atoms with Gasteiger partial charge >= 0.3 is 0 Å². The number of amides is 2. The first-order chi connectivity index (χ1) is 11.1. The summed E-state index contributed by atoms with van der Waals surface area (Å²) in [6.45, 7) is 8.14. The molecule has 24 heavy (non-hydrogen) atoms. The molecule has 1 heterocycles. The lowest BCUT2D eigenvalue weighted by atomic mass is 9.89. The van der Waals surface area contributed by atoms with Crippen molar-refractivity contribution in [2.24, 2.45) is 5.41 Å². The first-order valence-corrected chi connectivity index (χ1v) is 9.69. The minimum absolute atomic E-state index is 0.0285. The smallest absolute Gasteiger partial charge is 0.256 e. The van der Waals surface area contributed by atoms with E-state index in [1.54, 1.807) is 16.7 Å². The van der Waals surface area contributed by atoms with E-state index in [-0.39, 0.29) is 23.4 Å². The number of benzene rings is 1.